The van der Waals surface area contributed by atoms with Gasteiger partial charge in [0.25, 0.3) is 9.05 Å². The highest BCUT2D eigenvalue weighted by molar-refractivity contribution is 8.13. The second kappa shape index (κ2) is 7.13. The van der Waals surface area contributed by atoms with E-state index in [1.165, 1.54) is 12.1 Å². The maximum absolute atomic E-state index is 11.4. The summed E-state index contributed by atoms with van der Waals surface area (Å²) < 4.78 is 28.5. The summed E-state index contributed by atoms with van der Waals surface area (Å²) in [5.41, 5.74) is 5.94. The Kier molecular flexibility index (Phi) is 6.04. The zero-order valence-electron chi connectivity index (χ0n) is 12.3. The molecule has 118 valence electrons. The van der Waals surface area contributed by atoms with E-state index in [9.17, 15) is 13.2 Å². The van der Waals surface area contributed by atoms with Crippen LogP contribution in [0.15, 0.2) is 23.1 Å². The van der Waals surface area contributed by atoms with E-state index in [1.807, 2.05) is 13.8 Å². The number of ether oxygens (including phenoxy) is 1. The molecule has 1 aromatic rings. The molecule has 0 radical (unpaired) electrons. The van der Waals surface area contributed by atoms with Gasteiger partial charge in [-0.15, -0.1) is 0 Å². The van der Waals surface area contributed by atoms with Crippen molar-refractivity contribution in [1.29, 1.82) is 0 Å². The third-order valence-corrected chi connectivity index (χ3v) is 4.73. The third kappa shape index (κ3) is 4.89. The number of nitrogens with two attached hydrogens (primary N) is 1. The highest BCUT2D eigenvalue weighted by Gasteiger charge is 2.18. The summed E-state index contributed by atoms with van der Waals surface area (Å²) >= 11 is 0. The number of rotatable bonds is 7. The molecule has 2 atom stereocenters. The number of benzene rings is 1. The lowest BCUT2D eigenvalue weighted by molar-refractivity contribution is -0.122. The third-order valence-electron chi connectivity index (χ3n) is 3.38. The number of hydrogen-bond donors (Lipinski definition) is 1. The van der Waals surface area contributed by atoms with Crippen LogP contribution in [-0.4, -0.2) is 20.9 Å². The Bertz CT molecular complexity index is 615. The van der Waals surface area contributed by atoms with E-state index in [1.54, 1.807) is 13.0 Å². The minimum Gasteiger partial charge on any atom is -0.492 e. The maximum Gasteiger partial charge on any atom is 0.261 e. The molecule has 7 heteroatoms. The number of carbonyl (C=O) groups excluding carboxylic acids is 1. The van der Waals surface area contributed by atoms with Gasteiger partial charge in [0, 0.05) is 10.7 Å². The van der Waals surface area contributed by atoms with Gasteiger partial charge in [-0.2, -0.15) is 0 Å². The first-order chi connectivity index (χ1) is 9.66. The summed E-state index contributed by atoms with van der Waals surface area (Å²) in [6, 6.07) is 4.46. The molecule has 0 aliphatic heterocycles. The molecule has 0 spiro atoms. The summed E-state index contributed by atoms with van der Waals surface area (Å²) in [4.78, 5) is 11.1. The van der Waals surface area contributed by atoms with E-state index in [2.05, 4.69) is 0 Å². The van der Waals surface area contributed by atoms with E-state index in [0.29, 0.717) is 5.75 Å². The van der Waals surface area contributed by atoms with Crippen LogP contribution in [0.3, 0.4) is 0 Å². The van der Waals surface area contributed by atoms with Crippen molar-refractivity contribution in [1.82, 2.24) is 0 Å². The van der Waals surface area contributed by atoms with Gasteiger partial charge in [-0.3, -0.25) is 4.79 Å². The SMILES string of the molecule is CCC(C)c1cc(S(=O)(=O)Cl)ccc1OCC(C)C(N)=O. The Morgan fingerprint density at radius 1 is 1.38 bits per heavy atom. The molecule has 1 aromatic carbocycles. The summed E-state index contributed by atoms with van der Waals surface area (Å²) in [5.74, 6) is -0.227. The van der Waals surface area contributed by atoms with Crippen molar-refractivity contribution in [2.45, 2.75) is 38.0 Å². The highest BCUT2D eigenvalue weighted by atomic mass is 35.7. The average molecular weight is 334 g/mol. The summed E-state index contributed by atoms with van der Waals surface area (Å²) in [6.45, 7) is 5.77. The van der Waals surface area contributed by atoms with Crippen LogP contribution in [0.25, 0.3) is 0 Å². The molecule has 0 heterocycles. The van der Waals surface area contributed by atoms with E-state index in [-0.39, 0.29) is 17.4 Å². The van der Waals surface area contributed by atoms with Crippen LogP contribution in [0.1, 0.15) is 38.7 Å². The van der Waals surface area contributed by atoms with Gasteiger partial charge >= 0.3 is 0 Å². The van der Waals surface area contributed by atoms with Gasteiger partial charge in [-0.05, 0) is 36.1 Å². The lowest BCUT2D eigenvalue weighted by Crippen LogP contribution is -2.26. The monoisotopic (exact) mass is 333 g/mol. The van der Waals surface area contributed by atoms with Gasteiger partial charge in [0.15, 0.2) is 0 Å². The number of halogens is 1. The fraction of sp³-hybridized carbons (Fsp3) is 0.500. The molecule has 0 aliphatic rings. The Labute approximate surface area is 129 Å². The smallest absolute Gasteiger partial charge is 0.261 e. The van der Waals surface area contributed by atoms with Crippen LogP contribution >= 0.6 is 10.7 Å². The molecule has 2 N–H and O–H groups in total. The van der Waals surface area contributed by atoms with Crippen molar-refractivity contribution >= 4 is 25.6 Å². The molecular formula is C14H20ClNO4S. The highest BCUT2D eigenvalue weighted by Crippen LogP contribution is 2.32. The molecule has 1 amide bonds. The van der Waals surface area contributed by atoms with Crippen molar-refractivity contribution < 1.29 is 17.9 Å². The largest absolute Gasteiger partial charge is 0.492 e. The molecule has 2 unspecified atom stereocenters. The quantitative estimate of drug-likeness (QED) is 0.777. The van der Waals surface area contributed by atoms with E-state index >= 15 is 0 Å². The molecule has 0 fully saturated rings. The maximum atomic E-state index is 11.4. The Morgan fingerprint density at radius 2 is 2.00 bits per heavy atom. The van der Waals surface area contributed by atoms with Crippen molar-refractivity contribution in [3.63, 3.8) is 0 Å². The normalized spacial score (nSPS) is 14.5. The second-order valence-electron chi connectivity index (χ2n) is 5.06. The number of amides is 1. The van der Waals surface area contributed by atoms with Gasteiger partial charge in [0.1, 0.15) is 5.75 Å². The van der Waals surface area contributed by atoms with Crippen LogP contribution in [0.5, 0.6) is 5.75 Å². The zero-order chi connectivity index (χ0) is 16.2. The summed E-state index contributed by atoms with van der Waals surface area (Å²) in [5, 5.41) is 0. The minimum atomic E-state index is -3.79. The van der Waals surface area contributed by atoms with Crippen LogP contribution in [0.2, 0.25) is 0 Å². The Morgan fingerprint density at radius 3 is 2.48 bits per heavy atom. The molecule has 0 aliphatic carbocycles. The lowest BCUT2D eigenvalue weighted by Gasteiger charge is -2.18. The molecule has 0 saturated carbocycles. The Hall–Kier alpha value is -1.27. The molecule has 0 saturated heterocycles. The van der Waals surface area contributed by atoms with Gasteiger partial charge < -0.3 is 10.5 Å². The van der Waals surface area contributed by atoms with Crippen LogP contribution in [0.4, 0.5) is 0 Å². The lowest BCUT2D eigenvalue weighted by atomic mass is 9.98. The van der Waals surface area contributed by atoms with Crippen molar-refractivity contribution in [2.75, 3.05) is 6.61 Å². The fourth-order valence-electron chi connectivity index (χ4n) is 1.71. The number of carbonyl (C=O) groups is 1. The number of hydrogen-bond acceptors (Lipinski definition) is 4. The van der Waals surface area contributed by atoms with Crippen LogP contribution in [-0.2, 0) is 13.8 Å². The van der Waals surface area contributed by atoms with Gasteiger partial charge in [0.2, 0.25) is 5.91 Å². The topological polar surface area (TPSA) is 86.5 Å². The van der Waals surface area contributed by atoms with Crippen molar-refractivity contribution in [2.24, 2.45) is 11.7 Å². The Balaban J connectivity index is 3.11. The molecule has 21 heavy (non-hydrogen) atoms. The standard InChI is InChI=1S/C14H20ClNO4S/c1-4-9(2)12-7-11(21(15,18)19)5-6-13(12)20-8-10(3)14(16)17/h5-7,9-10H,4,8H2,1-3H3,(H2,16,17). The molecular weight excluding hydrogens is 314 g/mol. The predicted molar refractivity (Wildman–Crippen MR) is 82.0 cm³/mol. The first-order valence-electron chi connectivity index (χ1n) is 6.67. The van der Waals surface area contributed by atoms with Gasteiger partial charge in [-0.25, -0.2) is 8.42 Å². The van der Waals surface area contributed by atoms with Crippen molar-refractivity contribution in [3.8, 4) is 5.75 Å². The van der Waals surface area contributed by atoms with Gasteiger partial charge in [-0.1, -0.05) is 20.8 Å². The summed E-state index contributed by atoms with van der Waals surface area (Å²) in [7, 11) is 1.58. The average Bonchev–Trinajstić information content (AvgIpc) is 2.42. The molecule has 0 bridgehead atoms. The number of primary amides is 1. The second-order valence-corrected chi connectivity index (χ2v) is 7.63. The van der Waals surface area contributed by atoms with E-state index < -0.39 is 20.9 Å². The van der Waals surface area contributed by atoms with E-state index in [4.69, 9.17) is 21.2 Å². The minimum absolute atomic E-state index is 0.0368. The van der Waals surface area contributed by atoms with Crippen LogP contribution < -0.4 is 10.5 Å². The first-order valence-corrected chi connectivity index (χ1v) is 8.98. The molecule has 5 nitrogen and oxygen atoms in total. The fourth-order valence-corrected chi connectivity index (χ4v) is 2.50. The van der Waals surface area contributed by atoms with Crippen molar-refractivity contribution in [3.05, 3.63) is 23.8 Å². The first kappa shape index (κ1) is 17.8. The zero-order valence-corrected chi connectivity index (χ0v) is 13.9. The predicted octanol–water partition coefficient (Wildman–Crippen LogP) is 2.63. The van der Waals surface area contributed by atoms with E-state index in [0.717, 1.165) is 12.0 Å². The molecule has 0 aromatic heterocycles. The summed E-state index contributed by atoms with van der Waals surface area (Å²) in [6.07, 6.45) is 0.813. The van der Waals surface area contributed by atoms with Crippen LogP contribution in [0, 0.1) is 5.92 Å². The molecule has 1 rings (SSSR count). The van der Waals surface area contributed by atoms with Gasteiger partial charge in [0.05, 0.1) is 17.4 Å².